The molecule has 146 valence electrons. The number of amides is 1. The van der Waals surface area contributed by atoms with Gasteiger partial charge in [0.1, 0.15) is 33.8 Å². The number of carbonyl (C=O) groups is 1. The molecule has 0 spiro atoms. The molecule has 0 aliphatic carbocycles. The van der Waals surface area contributed by atoms with Crippen LogP contribution >= 0.6 is 11.3 Å². The fourth-order valence-corrected chi connectivity index (χ4v) is 3.36. The van der Waals surface area contributed by atoms with E-state index < -0.39 is 0 Å². The molecule has 1 amide bonds. The lowest BCUT2D eigenvalue weighted by Gasteiger charge is -2.11. The number of ether oxygens (including phenoxy) is 2. The standard InChI is InChI=1S/C21H21FN2O3S/c1-3-12-26-18-7-5-4-6-17(18)24-21(25)20-14(2)23-19(28-20)13-27-16-10-8-15(22)9-11-16/h4-11H,3,12-13H2,1-2H3,(H,24,25). The van der Waals surface area contributed by atoms with Crippen molar-refractivity contribution >= 4 is 22.9 Å². The summed E-state index contributed by atoms with van der Waals surface area (Å²) in [6.45, 7) is 4.60. The molecule has 0 radical (unpaired) electrons. The molecule has 0 atom stereocenters. The van der Waals surface area contributed by atoms with Crippen LogP contribution in [0.15, 0.2) is 48.5 Å². The van der Waals surface area contributed by atoms with Crippen LogP contribution in [0.2, 0.25) is 0 Å². The second-order valence-electron chi connectivity index (χ2n) is 6.06. The summed E-state index contributed by atoms with van der Waals surface area (Å²) >= 11 is 1.27. The van der Waals surface area contributed by atoms with Crippen molar-refractivity contribution in [1.29, 1.82) is 0 Å². The Hall–Kier alpha value is -2.93. The third kappa shape index (κ3) is 5.07. The first kappa shape index (κ1) is 19.8. The number of carbonyl (C=O) groups excluding carboxylic acids is 1. The number of rotatable bonds is 8. The fourth-order valence-electron chi connectivity index (χ4n) is 2.49. The SMILES string of the molecule is CCCOc1ccccc1NC(=O)c1sc(COc2ccc(F)cc2)nc1C. The van der Waals surface area contributed by atoms with E-state index >= 15 is 0 Å². The summed E-state index contributed by atoms with van der Waals surface area (Å²) in [5.41, 5.74) is 1.25. The number of hydrogen-bond acceptors (Lipinski definition) is 5. The Balaban J connectivity index is 1.67. The van der Waals surface area contributed by atoms with E-state index in [-0.39, 0.29) is 18.3 Å². The van der Waals surface area contributed by atoms with Crippen molar-refractivity contribution in [2.75, 3.05) is 11.9 Å². The summed E-state index contributed by atoms with van der Waals surface area (Å²) in [6.07, 6.45) is 0.883. The molecule has 0 aliphatic rings. The van der Waals surface area contributed by atoms with Crippen molar-refractivity contribution in [3.8, 4) is 11.5 Å². The monoisotopic (exact) mass is 400 g/mol. The van der Waals surface area contributed by atoms with Gasteiger partial charge >= 0.3 is 0 Å². The first-order valence-corrected chi connectivity index (χ1v) is 9.76. The largest absolute Gasteiger partial charge is 0.491 e. The number of para-hydroxylation sites is 2. The van der Waals surface area contributed by atoms with E-state index in [9.17, 15) is 9.18 Å². The molecular weight excluding hydrogens is 379 g/mol. The van der Waals surface area contributed by atoms with E-state index in [4.69, 9.17) is 9.47 Å². The normalized spacial score (nSPS) is 10.5. The van der Waals surface area contributed by atoms with Crippen LogP contribution in [0.4, 0.5) is 10.1 Å². The first-order valence-electron chi connectivity index (χ1n) is 8.94. The van der Waals surface area contributed by atoms with Gasteiger partial charge in [0.05, 0.1) is 18.0 Å². The Kier molecular flexibility index (Phi) is 6.60. The van der Waals surface area contributed by atoms with Crippen LogP contribution < -0.4 is 14.8 Å². The summed E-state index contributed by atoms with van der Waals surface area (Å²) in [5, 5.41) is 3.56. The number of thiazole rings is 1. The van der Waals surface area contributed by atoms with E-state index in [2.05, 4.69) is 10.3 Å². The van der Waals surface area contributed by atoms with Gasteiger partial charge in [-0.3, -0.25) is 4.79 Å². The van der Waals surface area contributed by atoms with Gasteiger partial charge < -0.3 is 14.8 Å². The average molecular weight is 400 g/mol. The van der Waals surface area contributed by atoms with Crippen LogP contribution in [0.5, 0.6) is 11.5 Å². The Labute approximate surface area is 167 Å². The zero-order chi connectivity index (χ0) is 19.9. The lowest BCUT2D eigenvalue weighted by Crippen LogP contribution is -2.12. The maximum atomic E-state index is 13.0. The highest BCUT2D eigenvalue weighted by Crippen LogP contribution is 2.27. The van der Waals surface area contributed by atoms with Gasteiger partial charge in [0.15, 0.2) is 0 Å². The topological polar surface area (TPSA) is 60.5 Å². The number of benzene rings is 2. The molecular formula is C21H21FN2O3S. The van der Waals surface area contributed by atoms with Crippen molar-refractivity contribution in [2.24, 2.45) is 0 Å². The van der Waals surface area contributed by atoms with Crippen LogP contribution in [-0.2, 0) is 6.61 Å². The quantitative estimate of drug-likeness (QED) is 0.564. The number of anilines is 1. The van der Waals surface area contributed by atoms with Gasteiger partial charge in [0.25, 0.3) is 5.91 Å². The maximum absolute atomic E-state index is 13.0. The van der Waals surface area contributed by atoms with E-state index in [1.165, 1.54) is 23.5 Å². The van der Waals surface area contributed by atoms with Gasteiger partial charge in [0.2, 0.25) is 0 Å². The number of nitrogens with zero attached hydrogens (tertiary/aromatic N) is 1. The smallest absolute Gasteiger partial charge is 0.267 e. The van der Waals surface area contributed by atoms with Crippen LogP contribution in [0, 0.1) is 12.7 Å². The minimum atomic E-state index is -0.320. The third-order valence-corrected chi connectivity index (χ3v) is 4.95. The summed E-state index contributed by atoms with van der Waals surface area (Å²) in [4.78, 5) is 17.6. The molecule has 7 heteroatoms. The molecule has 0 saturated carbocycles. The minimum absolute atomic E-state index is 0.209. The van der Waals surface area contributed by atoms with E-state index in [1.807, 2.05) is 25.1 Å². The van der Waals surface area contributed by atoms with Gasteiger partial charge in [-0.2, -0.15) is 0 Å². The number of aryl methyl sites for hydroxylation is 1. The van der Waals surface area contributed by atoms with Gasteiger partial charge in [-0.1, -0.05) is 19.1 Å². The lowest BCUT2D eigenvalue weighted by molar-refractivity contribution is 0.102. The molecule has 1 heterocycles. The molecule has 0 unspecified atom stereocenters. The van der Waals surface area contributed by atoms with E-state index in [1.54, 1.807) is 25.1 Å². The number of hydrogen-bond donors (Lipinski definition) is 1. The molecule has 2 aromatic carbocycles. The van der Waals surface area contributed by atoms with Crippen molar-refractivity contribution in [3.05, 3.63) is 69.9 Å². The summed E-state index contributed by atoms with van der Waals surface area (Å²) < 4.78 is 24.2. The minimum Gasteiger partial charge on any atom is -0.491 e. The zero-order valence-corrected chi connectivity index (χ0v) is 16.5. The zero-order valence-electron chi connectivity index (χ0n) is 15.7. The summed E-state index contributed by atoms with van der Waals surface area (Å²) in [7, 11) is 0. The highest BCUT2D eigenvalue weighted by Gasteiger charge is 2.17. The fraction of sp³-hybridized carbons (Fsp3) is 0.238. The van der Waals surface area contributed by atoms with Gasteiger partial charge in [-0.05, 0) is 49.7 Å². The molecule has 1 N–H and O–H groups in total. The molecule has 3 aromatic rings. The average Bonchev–Trinajstić information content (AvgIpc) is 3.07. The van der Waals surface area contributed by atoms with Crippen LogP contribution in [-0.4, -0.2) is 17.5 Å². The van der Waals surface area contributed by atoms with E-state index in [0.717, 1.165) is 6.42 Å². The molecule has 0 fully saturated rings. The van der Waals surface area contributed by atoms with Crippen molar-refractivity contribution in [1.82, 2.24) is 4.98 Å². The number of nitrogens with one attached hydrogen (secondary N) is 1. The number of aromatic nitrogens is 1. The molecule has 0 aliphatic heterocycles. The Bertz CT molecular complexity index is 941. The Morgan fingerprint density at radius 1 is 1.14 bits per heavy atom. The highest BCUT2D eigenvalue weighted by atomic mass is 32.1. The van der Waals surface area contributed by atoms with Gasteiger partial charge in [-0.15, -0.1) is 11.3 Å². The van der Waals surface area contributed by atoms with Crippen LogP contribution in [0.25, 0.3) is 0 Å². The molecule has 3 rings (SSSR count). The van der Waals surface area contributed by atoms with Crippen LogP contribution in [0.1, 0.15) is 33.7 Å². The molecule has 0 bridgehead atoms. The van der Waals surface area contributed by atoms with Gasteiger partial charge in [0, 0.05) is 0 Å². The highest BCUT2D eigenvalue weighted by molar-refractivity contribution is 7.13. The predicted molar refractivity (Wildman–Crippen MR) is 108 cm³/mol. The second kappa shape index (κ2) is 9.32. The van der Waals surface area contributed by atoms with E-state index in [0.29, 0.717) is 39.4 Å². The third-order valence-electron chi connectivity index (χ3n) is 3.82. The maximum Gasteiger partial charge on any atom is 0.267 e. The molecule has 1 aromatic heterocycles. The summed E-state index contributed by atoms with van der Waals surface area (Å²) in [6, 6.07) is 13.1. The summed E-state index contributed by atoms with van der Waals surface area (Å²) in [5.74, 6) is 0.622. The Morgan fingerprint density at radius 2 is 1.89 bits per heavy atom. The molecule has 0 saturated heterocycles. The second-order valence-corrected chi connectivity index (χ2v) is 7.15. The van der Waals surface area contributed by atoms with Crippen molar-refractivity contribution in [3.63, 3.8) is 0 Å². The lowest BCUT2D eigenvalue weighted by atomic mass is 10.2. The Morgan fingerprint density at radius 3 is 2.64 bits per heavy atom. The first-order chi connectivity index (χ1) is 13.6. The molecule has 5 nitrogen and oxygen atoms in total. The predicted octanol–water partition coefficient (Wildman–Crippen LogP) is 5.21. The molecule has 28 heavy (non-hydrogen) atoms. The van der Waals surface area contributed by atoms with Crippen molar-refractivity contribution in [2.45, 2.75) is 26.9 Å². The van der Waals surface area contributed by atoms with Gasteiger partial charge in [-0.25, -0.2) is 9.37 Å². The van der Waals surface area contributed by atoms with Crippen molar-refractivity contribution < 1.29 is 18.7 Å². The van der Waals surface area contributed by atoms with Crippen LogP contribution in [0.3, 0.4) is 0 Å². The number of halogens is 1.